The largest absolute Gasteiger partial charge is 0.490 e. The average Bonchev–Trinajstić information content (AvgIpc) is 2.87. The van der Waals surface area contributed by atoms with Crippen LogP contribution in [0.4, 0.5) is 8.78 Å². The van der Waals surface area contributed by atoms with Crippen LogP contribution in [0.3, 0.4) is 0 Å². The summed E-state index contributed by atoms with van der Waals surface area (Å²) in [6.45, 7) is 4.89. The van der Waals surface area contributed by atoms with Crippen LogP contribution >= 0.6 is 0 Å². The van der Waals surface area contributed by atoms with Gasteiger partial charge in [-0.15, -0.1) is 0 Å². The van der Waals surface area contributed by atoms with Crippen molar-refractivity contribution in [3.8, 4) is 5.75 Å². The first-order chi connectivity index (χ1) is 16.5. The summed E-state index contributed by atoms with van der Waals surface area (Å²) in [6.07, 6.45) is 18.4. The molecule has 0 aromatic heterocycles. The van der Waals surface area contributed by atoms with Crippen molar-refractivity contribution in [1.29, 1.82) is 0 Å². The van der Waals surface area contributed by atoms with E-state index < -0.39 is 11.6 Å². The Morgan fingerprint density at radius 2 is 1.59 bits per heavy atom. The molecule has 2 aromatic carbocycles. The lowest BCUT2D eigenvalue weighted by atomic mass is 9.64. The molecule has 188 valence electrons. The zero-order valence-electron chi connectivity index (χ0n) is 21.4. The number of rotatable bonds is 10. The highest BCUT2D eigenvalue weighted by molar-refractivity contribution is 5.85. The molecule has 4 rings (SSSR count). The lowest BCUT2D eigenvalue weighted by Crippen LogP contribution is -2.35. The fourth-order valence-electron chi connectivity index (χ4n) is 6.75. The van der Waals surface area contributed by atoms with Crippen LogP contribution in [-0.2, 0) is 6.42 Å². The topological polar surface area (TPSA) is 9.23 Å². The highest BCUT2D eigenvalue weighted by atomic mass is 19.2. The van der Waals surface area contributed by atoms with Gasteiger partial charge < -0.3 is 4.74 Å². The molecule has 0 aliphatic heterocycles. The lowest BCUT2D eigenvalue weighted by Gasteiger charge is -2.43. The van der Waals surface area contributed by atoms with Crippen LogP contribution in [0.2, 0.25) is 0 Å². The molecule has 0 spiro atoms. The fourth-order valence-corrected chi connectivity index (χ4v) is 6.75. The molecule has 0 bridgehead atoms. The first-order valence-electron chi connectivity index (χ1n) is 14.1. The minimum absolute atomic E-state index is 0.0774. The van der Waals surface area contributed by atoms with Crippen molar-refractivity contribution in [2.24, 2.45) is 17.3 Å². The Hall–Kier alpha value is -1.64. The number of hydrogen-bond acceptors (Lipinski definition) is 1. The van der Waals surface area contributed by atoms with Gasteiger partial charge in [-0.3, -0.25) is 0 Å². The standard InChI is InChI=1S/C31H44F2O/c1-3-5-7-10-23-13-14-26-21-28(30(33)29(32)27(26)20-23)34-22-31(17-4-2)18-15-25(16-19-31)24-11-8-6-9-12-24/h13-14,20-21,24-25H,3-12,15-19,22H2,1-2H3. The summed E-state index contributed by atoms with van der Waals surface area (Å²) in [5, 5.41) is 1.09. The Kier molecular flexibility index (Phi) is 8.88. The quantitative estimate of drug-likeness (QED) is 0.314. The third-order valence-corrected chi connectivity index (χ3v) is 8.84. The van der Waals surface area contributed by atoms with Gasteiger partial charge in [0.1, 0.15) is 0 Å². The van der Waals surface area contributed by atoms with Crippen molar-refractivity contribution in [2.75, 3.05) is 6.61 Å². The SMILES string of the molecule is CCCCCc1ccc2cc(OCC3(CCC)CCC(C4CCCCC4)CC3)c(F)c(F)c2c1. The Morgan fingerprint density at radius 1 is 0.853 bits per heavy atom. The van der Waals surface area contributed by atoms with Crippen LogP contribution in [0.15, 0.2) is 24.3 Å². The van der Waals surface area contributed by atoms with Gasteiger partial charge in [-0.25, -0.2) is 4.39 Å². The lowest BCUT2D eigenvalue weighted by molar-refractivity contribution is 0.0456. The van der Waals surface area contributed by atoms with Crippen molar-refractivity contribution in [1.82, 2.24) is 0 Å². The van der Waals surface area contributed by atoms with Gasteiger partial charge in [0.05, 0.1) is 6.61 Å². The van der Waals surface area contributed by atoms with E-state index >= 15 is 8.78 Å². The molecule has 0 unspecified atom stereocenters. The summed E-state index contributed by atoms with van der Waals surface area (Å²) in [4.78, 5) is 0. The first-order valence-corrected chi connectivity index (χ1v) is 14.1. The maximum atomic E-state index is 15.0. The predicted octanol–water partition coefficient (Wildman–Crippen LogP) is 9.79. The van der Waals surface area contributed by atoms with Crippen LogP contribution < -0.4 is 4.74 Å². The first kappa shape index (κ1) is 25.5. The molecular weight excluding hydrogens is 426 g/mol. The molecule has 2 saturated carbocycles. The van der Waals surface area contributed by atoms with Gasteiger partial charge in [0, 0.05) is 10.8 Å². The van der Waals surface area contributed by atoms with Gasteiger partial charge in [0.2, 0.25) is 5.82 Å². The number of benzene rings is 2. The van der Waals surface area contributed by atoms with Crippen molar-refractivity contribution in [3.05, 3.63) is 41.5 Å². The maximum absolute atomic E-state index is 15.0. The normalized spacial score (nSPS) is 23.9. The van der Waals surface area contributed by atoms with Crippen LogP contribution in [0.1, 0.15) is 109 Å². The van der Waals surface area contributed by atoms with Crippen LogP contribution in [0, 0.1) is 28.9 Å². The third-order valence-electron chi connectivity index (χ3n) is 8.84. The van der Waals surface area contributed by atoms with E-state index in [4.69, 9.17) is 4.74 Å². The van der Waals surface area contributed by atoms with Gasteiger partial charge in [-0.05, 0) is 79.9 Å². The molecule has 0 N–H and O–H groups in total. The second-order valence-corrected chi connectivity index (χ2v) is 11.3. The molecule has 0 heterocycles. The molecule has 34 heavy (non-hydrogen) atoms. The summed E-state index contributed by atoms with van der Waals surface area (Å²) in [5.41, 5.74) is 1.17. The summed E-state index contributed by atoms with van der Waals surface area (Å²) in [5.74, 6) is 0.240. The van der Waals surface area contributed by atoms with E-state index in [-0.39, 0.29) is 11.2 Å². The van der Waals surface area contributed by atoms with Crippen molar-refractivity contribution < 1.29 is 13.5 Å². The van der Waals surface area contributed by atoms with Crippen molar-refractivity contribution in [2.45, 2.75) is 110 Å². The molecule has 2 aliphatic carbocycles. The molecule has 2 aromatic rings. The van der Waals surface area contributed by atoms with E-state index in [0.717, 1.165) is 74.2 Å². The van der Waals surface area contributed by atoms with Crippen LogP contribution in [0.5, 0.6) is 5.75 Å². The van der Waals surface area contributed by atoms with E-state index in [0.29, 0.717) is 12.0 Å². The summed E-state index contributed by atoms with van der Waals surface area (Å²) < 4.78 is 36.2. The predicted molar refractivity (Wildman–Crippen MR) is 138 cm³/mol. The van der Waals surface area contributed by atoms with E-state index in [1.165, 1.54) is 44.9 Å². The van der Waals surface area contributed by atoms with E-state index in [1.807, 2.05) is 18.2 Å². The second kappa shape index (κ2) is 11.9. The number of fused-ring (bicyclic) bond motifs is 1. The smallest absolute Gasteiger partial charge is 0.201 e. The fraction of sp³-hybridized carbons (Fsp3) is 0.677. The third kappa shape index (κ3) is 5.94. The highest BCUT2D eigenvalue weighted by Crippen LogP contribution is 2.47. The van der Waals surface area contributed by atoms with Crippen molar-refractivity contribution >= 4 is 10.8 Å². The number of aryl methyl sites for hydroxylation is 1. The number of unbranched alkanes of at least 4 members (excludes halogenated alkanes) is 2. The molecular formula is C31H44F2O. The molecule has 0 saturated heterocycles. The van der Waals surface area contributed by atoms with E-state index in [1.54, 1.807) is 6.07 Å². The second-order valence-electron chi connectivity index (χ2n) is 11.3. The zero-order valence-corrected chi connectivity index (χ0v) is 21.4. The number of halogens is 2. The van der Waals surface area contributed by atoms with Crippen molar-refractivity contribution in [3.63, 3.8) is 0 Å². The number of ether oxygens (including phenoxy) is 1. The minimum Gasteiger partial charge on any atom is -0.490 e. The van der Waals surface area contributed by atoms with Gasteiger partial charge in [-0.1, -0.05) is 77.3 Å². The van der Waals surface area contributed by atoms with Crippen LogP contribution in [-0.4, -0.2) is 6.61 Å². The van der Waals surface area contributed by atoms with E-state index in [9.17, 15) is 0 Å². The monoisotopic (exact) mass is 470 g/mol. The van der Waals surface area contributed by atoms with Gasteiger partial charge >= 0.3 is 0 Å². The summed E-state index contributed by atoms with van der Waals surface area (Å²) in [6, 6.07) is 7.49. The summed E-state index contributed by atoms with van der Waals surface area (Å²) in [7, 11) is 0. The maximum Gasteiger partial charge on any atom is 0.201 e. The van der Waals surface area contributed by atoms with Gasteiger partial charge in [0.15, 0.2) is 11.6 Å². The number of hydrogen-bond donors (Lipinski definition) is 0. The molecule has 0 radical (unpaired) electrons. The average molecular weight is 471 g/mol. The van der Waals surface area contributed by atoms with Gasteiger partial charge in [0.25, 0.3) is 0 Å². The molecule has 0 atom stereocenters. The zero-order chi connectivity index (χ0) is 24.0. The summed E-state index contributed by atoms with van der Waals surface area (Å²) >= 11 is 0. The molecule has 3 heteroatoms. The Morgan fingerprint density at radius 3 is 2.29 bits per heavy atom. The molecule has 0 amide bonds. The van der Waals surface area contributed by atoms with Crippen LogP contribution in [0.25, 0.3) is 10.8 Å². The van der Waals surface area contributed by atoms with E-state index in [2.05, 4.69) is 13.8 Å². The highest BCUT2D eigenvalue weighted by Gasteiger charge is 2.38. The molecule has 2 fully saturated rings. The Balaban J connectivity index is 1.44. The molecule has 1 nitrogen and oxygen atoms in total. The minimum atomic E-state index is -0.833. The van der Waals surface area contributed by atoms with Gasteiger partial charge in [-0.2, -0.15) is 4.39 Å². The molecule has 2 aliphatic rings. The Labute approximate surface area is 205 Å². The Bertz CT molecular complexity index is 923.